The van der Waals surface area contributed by atoms with E-state index in [0.717, 1.165) is 11.1 Å². The van der Waals surface area contributed by atoms with Crippen molar-refractivity contribution in [2.75, 3.05) is 18.2 Å². The molecule has 0 bridgehead atoms. The molecular weight excluding hydrogens is 478 g/mol. The van der Waals surface area contributed by atoms with Crippen LogP contribution in [0.5, 0.6) is 0 Å². The van der Waals surface area contributed by atoms with E-state index in [0.29, 0.717) is 27.0 Å². The van der Waals surface area contributed by atoms with Crippen molar-refractivity contribution in [2.45, 2.75) is 30.5 Å². The van der Waals surface area contributed by atoms with Crippen molar-refractivity contribution in [1.82, 2.24) is 4.90 Å². The molecule has 0 aliphatic carbocycles. The van der Waals surface area contributed by atoms with E-state index in [4.69, 9.17) is 23.2 Å². The summed E-state index contributed by atoms with van der Waals surface area (Å²) in [5.41, 5.74) is 2.54. The molecule has 0 radical (unpaired) electrons. The molecule has 1 unspecified atom stereocenters. The Bertz CT molecular complexity index is 1200. The molecule has 0 saturated carbocycles. The quantitative estimate of drug-likeness (QED) is 0.363. The molecule has 0 fully saturated rings. The third kappa shape index (κ3) is 4.60. The molecule has 1 atom stereocenters. The lowest BCUT2D eigenvalue weighted by molar-refractivity contribution is 0.0848. The average molecular weight is 503 g/mol. The summed E-state index contributed by atoms with van der Waals surface area (Å²) in [6, 6.07) is 18.7. The van der Waals surface area contributed by atoms with Gasteiger partial charge in [-0.3, -0.25) is 0 Å². The Morgan fingerprint density at radius 3 is 2.30 bits per heavy atom. The van der Waals surface area contributed by atoms with Crippen molar-refractivity contribution in [2.24, 2.45) is 0 Å². The van der Waals surface area contributed by atoms with E-state index in [2.05, 4.69) is 12.1 Å². The summed E-state index contributed by atoms with van der Waals surface area (Å²) in [6.45, 7) is 3.39. The maximum atomic E-state index is 15.0. The van der Waals surface area contributed by atoms with E-state index in [-0.39, 0.29) is 0 Å². The molecule has 0 aromatic heterocycles. The Morgan fingerprint density at radius 1 is 0.970 bits per heavy atom. The highest BCUT2D eigenvalue weighted by atomic mass is 35.5. The molecule has 33 heavy (non-hydrogen) atoms. The van der Waals surface area contributed by atoms with Gasteiger partial charge in [-0.15, -0.1) is 11.8 Å². The lowest BCUT2D eigenvalue weighted by atomic mass is 10.0. The monoisotopic (exact) mass is 502 g/mol. The largest absolute Gasteiger partial charge is 0.384 e. The second kappa shape index (κ2) is 9.22. The zero-order chi connectivity index (χ0) is 23.9. The molecule has 172 valence electrons. The van der Waals surface area contributed by atoms with E-state index in [1.165, 1.54) is 11.0 Å². The highest BCUT2D eigenvalue weighted by Crippen LogP contribution is 2.46. The molecule has 0 saturated heterocycles. The normalized spacial score (nSPS) is 16.4. The zero-order valence-electron chi connectivity index (χ0n) is 18.8. The van der Waals surface area contributed by atoms with Gasteiger partial charge in [-0.2, -0.15) is 0 Å². The van der Waals surface area contributed by atoms with Gasteiger partial charge in [0.15, 0.2) is 0 Å². The Kier molecular flexibility index (Phi) is 6.70. The maximum absolute atomic E-state index is 15.0. The number of rotatable bonds is 5. The molecule has 1 N–H and O–H groups in total. The number of halogens is 3. The third-order valence-corrected chi connectivity index (χ3v) is 7.14. The van der Waals surface area contributed by atoms with Crippen molar-refractivity contribution in [1.29, 1.82) is 0 Å². The Hall–Kier alpha value is -2.18. The van der Waals surface area contributed by atoms with Crippen molar-refractivity contribution in [3.8, 4) is 11.1 Å². The lowest BCUT2D eigenvalue weighted by Gasteiger charge is -2.35. The molecule has 7 heteroatoms. The molecule has 3 aromatic rings. The molecule has 1 heterocycles. The number of hydrogen-bond acceptors (Lipinski definition) is 4. The minimum absolute atomic E-state index is 0.309. The van der Waals surface area contributed by atoms with Crippen LogP contribution in [0.25, 0.3) is 11.1 Å². The van der Waals surface area contributed by atoms with Crippen LogP contribution in [0.4, 0.5) is 10.1 Å². The summed E-state index contributed by atoms with van der Waals surface area (Å²) < 4.78 is 15.0. The van der Waals surface area contributed by atoms with Crippen LogP contribution in [-0.2, 0) is 0 Å². The van der Waals surface area contributed by atoms with Crippen molar-refractivity contribution >= 4 is 40.7 Å². The van der Waals surface area contributed by atoms with Gasteiger partial charge in [-0.1, -0.05) is 47.5 Å². The highest BCUT2D eigenvalue weighted by molar-refractivity contribution is 7.98. The Morgan fingerprint density at radius 2 is 1.67 bits per heavy atom. The van der Waals surface area contributed by atoms with Crippen LogP contribution in [0.3, 0.4) is 0 Å². The SMILES string of the molecule is CSc1cccc(-c2ccc(N3C=C(C(C)(C)O)N(C)C3c3c(F)cccc3Cl)c(Cl)c2)c1. The van der Waals surface area contributed by atoms with Crippen LogP contribution in [0.2, 0.25) is 10.0 Å². The molecule has 3 aromatic carbocycles. The van der Waals surface area contributed by atoms with E-state index < -0.39 is 17.6 Å². The molecule has 4 rings (SSSR count). The molecule has 0 spiro atoms. The summed E-state index contributed by atoms with van der Waals surface area (Å²) in [6.07, 6.45) is 3.24. The summed E-state index contributed by atoms with van der Waals surface area (Å²) in [7, 11) is 1.81. The molecule has 1 aliphatic heterocycles. The van der Waals surface area contributed by atoms with Gasteiger partial charge in [0.25, 0.3) is 0 Å². The minimum atomic E-state index is -1.15. The Labute approximate surface area is 208 Å². The van der Waals surface area contributed by atoms with Gasteiger partial charge < -0.3 is 14.9 Å². The predicted octanol–water partition coefficient (Wildman–Crippen LogP) is 7.58. The first-order chi connectivity index (χ1) is 15.6. The van der Waals surface area contributed by atoms with Crippen molar-refractivity contribution in [3.05, 3.63) is 94.0 Å². The molecule has 0 amide bonds. The highest BCUT2D eigenvalue weighted by Gasteiger charge is 2.40. The number of benzene rings is 3. The van der Waals surface area contributed by atoms with E-state index >= 15 is 0 Å². The van der Waals surface area contributed by atoms with Crippen LogP contribution < -0.4 is 4.90 Å². The van der Waals surface area contributed by atoms with E-state index in [9.17, 15) is 9.50 Å². The van der Waals surface area contributed by atoms with Gasteiger partial charge in [0.2, 0.25) is 0 Å². The van der Waals surface area contributed by atoms with Crippen LogP contribution in [0, 0.1) is 5.82 Å². The number of likely N-dealkylation sites (N-methyl/N-ethyl adjacent to an activating group) is 1. The summed E-state index contributed by atoms with van der Waals surface area (Å²) in [5, 5.41) is 11.6. The number of nitrogens with zero attached hydrogens (tertiary/aromatic N) is 2. The standard InChI is InChI=1S/C26H25Cl2FN2OS/c1-26(2,32)23-15-31(25(30(23)3)24-19(27)9-6-10-21(24)29)22-12-11-17(14-20(22)28)16-7-5-8-18(13-16)33-4/h5-15,25,32H,1-4H3. The topological polar surface area (TPSA) is 26.7 Å². The van der Waals surface area contributed by atoms with Crippen LogP contribution in [-0.4, -0.2) is 28.9 Å². The second-order valence-electron chi connectivity index (χ2n) is 8.50. The fraction of sp³-hybridized carbons (Fsp3) is 0.231. The molecule has 3 nitrogen and oxygen atoms in total. The number of thioether (sulfide) groups is 1. The first kappa shape index (κ1) is 24.0. The fourth-order valence-electron chi connectivity index (χ4n) is 4.19. The number of anilines is 1. The second-order valence-corrected chi connectivity index (χ2v) is 10.2. The van der Waals surface area contributed by atoms with Crippen LogP contribution in [0.1, 0.15) is 25.6 Å². The van der Waals surface area contributed by atoms with Crippen molar-refractivity contribution in [3.63, 3.8) is 0 Å². The van der Waals surface area contributed by atoms with Crippen molar-refractivity contribution < 1.29 is 9.50 Å². The molecule has 1 aliphatic rings. The third-order valence-electron chi connectivity index (χ3n) is 5.79. The predicted molar refractivity (Wildman–Crippen MR) is 137 cm³/mol. The van der Waals surface area contributed by atoms with E-state index in [1.807, 2.05) is 59.6 Å². The summed E-state index contributed by atoms with van der Waals surface area (Å²) in [4.78, 5) is 4.86. The zero-order valence-corrected chi connectivity index (χ0v) is 21.1. The van der Waals surface area contributed by atoms with Gasteiger partial charge in [0.05, 0.1) is 21.4 Å². The number of aliphatic hydroxyl groups is 1. The van der Waals surface area contributed by atoms with Gasteiger partial charge >= 0.3 is 0 Å². The molecular formula is C26H25Cl2FN2OS. The minimum Gasteiger partial charge on any atom is -0.384 e. The van der Waals surface area contributed by atoms with Crippen LogP contribution in [0.15, 0.2) is 77.5 Å². The smallest absolute Gasteiger partial charge is 0.136 e. The average Bonchev–Trinajstić information content (AvgIpc) is 3.11. The first-order valence-electron chi connectivity index (χ1n) is 10.5. The summed E-state index contributed by atoms with van der Waals surface area (Å²) >= 11 is 14.9. The lowest BCUT2D eigenvalue weighted by Crippen LogP contribution is -2.35. The van der Waals surface area contributed by atoms with Gasteiger partial charge in [0, 0.05) is 23.7 Å². The van der Waals surface area contributed by atoms with Gasteiger partial charge in [-0.25, -0.2) is 4.39 Å². The van der Waals surface area contributed by atoms with Gasteiger partial charge in [0.1, 0.15) is 17.6 Å². The van der Waals surface area contributed by atoms with Crippen LogP contribution >= 0.6 is 35.0 Å². The number of hydrogen-bond donors (Lipinski definition) is 1. The van der Waals surface area contributed by atoms with Gasteiger partial charge in [-0.05, 0) is 67.6 Å². The maximum Gasteiger partial charge on any atom is 0.136 e. The fourth-order valence-corrected chi connectivity index (χ4v) is 5.19. The van der Waals surface area contributed by atoms with E-state index in [1.54, 1.807) is 37.7 Å². The summed E-state index contributed by atoms with van der Waals surface area (Å²) in [5.74, 6) is -0.420. The Balaban J connectivity index is 1.82. The first-order valence-corrected chi connectivity index (χ1v) is 12.4.